The zero-order valence-electron chi connectivity index (χ0n) is 31.2. The van der Waals surface area contributed by atoms with E-state index in [0.717, 1.165) is 17.5 Å². The smallest absolute Gasteiger partial charge is 0.430 e. The molecule has 58 heavy (non-hydrogen) atoms. The number of hydrogen-bond donors (Lipinski definition) is 6. The van der Waals surface area contributed by atoms with Gasteiger partial charge in [-0.1, -0.05) is 104 Å². The van der Waals surface area contributed by atoms with E-state index >= 15 is 0 Å². The number of carboxylic acids is 2. The van der Waals surface area contributed by atoms with E-state index in [1.54, 1.807) is 24.3 Å². The van der Waals surface area contributed by atoms with Gasteiger partial charge in [0.05, 0.1) is 25.8 Å². The van der Waals surface area contributed by atoms with Crippen LogP contribution in [0.4, 0.5) is 13.2 Å². The van der Waals surface area contributed by atoms with Gasteiger partial charge in [0.25, 0.3) is 5.91 Å². The highest BCUT2D eigenvalue weighted by Crippen LogP contribution is 2.53. The average Bonchev–Trinajstić information content (AvgIpc) is 3.19. The lowest BCUT2D eigenvalue weighted by atomic mass is 9.80. The number of nitrogens with one attached hydrogen (secondary N) is 3. The van der Waals surface area contributed by atoms with Crippen LogP contribution in [-0.2, 0) is 61.8 Å². The third kappa shape index (κ3) is 15.0. The summed E-state index contributed by atoms with van der Waals surface area (Å²) in [6.45, 7) is -0.0353. The molecule has 4 rings (SSSR count). The summed E-state index contributed by atoms with van der Waals surface area (Å²) < 4.78 is 57.4. The monoisotopic (exact) mass is 835 g/mol. The molecule has 0 heterocycles. The number of rotatable bonds is 18. The van der Waals surface area contributed by atoms with Crippen molar-refractivity contribution in [3.05, 3.63) is 107 Å². The molecule has 16 nitrogen and oxygen atoms in total. The minimum atomic E-state index is -5.19. The Kier molecular flexibility index (Phi) is 17.6. The Morgan fingerprint density at radius 2 is 1.33 bits per heavy atom. The number of primary amides is 1. The molecule has 1 saturated carbocycles. The zero-order valence-corrected chi connectivity index (χ0v) is 32.1. The number of quaternary nitrogens is 1. The standard InChI is InChI=1S/C36H44N5O9P.C2HF3O2/c37-21-31(43)40-32(33(44)41-36(18-8-3-9-19-36)35(47)39-29(34(45)46)20-30(38)42)28-16-14-27(15-17-28)24-51(48,49-22-25-10-4-1-5-11-25)50-23-26-12-6-2-7-13-26;3-2(4,5)1(6)7/h1-2,4-7,10-17,29,32H,3,8-9,18-24,37H2,(H2,38,42)(H,39,47)(H,40,43)(H,41,44)(H,45,46);(H,6,7)/t29-,32+;/m0./s1. The van der Waals surface area contributed by atoms with Crippen LogP contribution in [0.15, 0.2) is 84.9 Å². The van der Waals surface area contributed by atoms with E-state index in [-0.39, 0.29) is 38.8 Å². The van der Waals surface area contributed by atoms with Crippen LogP contribution in [0, 0.1) is 0 Å². The van der Waals surface area contributed by atoms with Crippen molar-refractivity contribution in [3.8, 4) is 0 Å². The molecule has 3 aromatic carbocycles. The Morgan fingerprint density at radius 1 is 0.828 bits per heavy atom. The fourth-order valence-corrected chi connectivity index (χ4v) is 7.37. The van der Waals surface area contributed by atoms with E-state index in [4.69, 9.17) is 24.7 Å². The summed E-state index contributed by atoms with van der Waals surface area (Å²) in [7, 11) is -3.70. The highest BCUT2D eigenvalue weighted by Gasteiger charge is 2.44. The van der Waals surface area contributed by atoms with E-state index in [9.17, 15) is 46.8 Å². The molecule has 9 N–H and O–H groups in total. The van der Waals surface area contributed by atoms with Gasteiger partial charge in [-0.25, -0.2) is 4.79 Å². The molecule has 1 aliphatic rings. The van der Waals surface area contributed by atoms with Gasteiger partial charge in [0, 0.05) is 0 Å². The predicted molar refractivity (Wildman–Crippen MR) is 197 cm³/mol. The number of nitrogens with two attached hydrogens (primary N) is 1. The molecule has 0 bridgehead atoms. The van der Waals surface area contributed by atoms with Gasteiger partial charge in [0.1, 0.15) is 23.6 Å². The van der Waals surface area contributed by atoms with Gasteiger partial charge in [0.15, 0.2) is 6.54 Å². The van der Waals surface area contributed by atoms with Gasteiger partial charge in [-0.2, -0.15) is 13.2 Å². The van der Waals surface area contributed by atoms with Crippen LogP contribution in [-0.4, -0.2) is 65.0 Å². The lowest BCUT2D eigenvalue weighted by Gasteiger charge is -2.38. The molecule has 0 aromatic heterocycles. The van der Waals surface area contributed by atoms with Crippen molar-refractivity contribution in [2.45, 2.75) is 81.7 Å². The Labute approximate surface area is 331 Å². The molecule has 0 spiro atoms. The van der Waals surface area contributed by atoms with E-state index in [1.807, 2.05) is 60.7 Å². The van der Waals surface area contributed by atoms with Gasteiger partial charge >= 0.3 is 19.7 Å². The number of carboxylic acid groups (broad SMARTS) is 2. The number of carbonyl (C=O) groups excluding carboxylic acids is 5. The molecule has 0 aliphatic heterocycles. The molecule has 2 atom stereocenters. The quantitative estimate of drug-likeness (QED) is 0.101. The van der Waals surface area contributed by atoms with Gasteiger partial charge in [0.2, 0.25) is 17.7 Å². The third-order valence-electron chi connectivity index (χ3n) is 8.77. The SMILES string of the molecule is NC(=O)C[C@H](NC(=O)C1(NC(=O)[C@H](NC(=O)C[NH3+])c2ccc(CP(=O)(OCc3ccccc3)OCc3ccccc3)cc2)CCCCC1)C(=O)O.O=C([O-])C(F)(F)F. The van der Waals surface area contributed by atoms with Crippen molar-refractivity contribution in [1.29, 1.82) is 0 Å². The zero-order chi connectivity index (χ0) is 42.9. The average molecular weight is 836 g/mol. The summed E-state index contributed by atoms with van der Waals surface area (Å²) in [6, 6.07) is 22.2. The Bertz CT molecular complexity index is 1870. The molecule has 314 valence electrons. The first-order valence-corrected chi connectivity index (χ1v) is 19.6. The second-order valence-electron chi connectivity index (χ2n) is 13.2. The largest absolute Gasteiger partial charge is 0.542 e. The molecule has 4 amide bonds. The fraction of sp³-hybridized carbons (Fsp3) is 0.368. The molecule has 1 fully saturated rings. The van der Waals surface area contributed by atoms with Crippen LogP contribution in [0.3, 0.4) is 0 Å². The summed E-state index contributed by atoms with van der Waals surface area (Å²) in [6.07, 6.45) is -3.52. The summed E-state index contributed by atoms with van der Waals surface area (Å²) in [4.78, 5) is 72.0. The van der Waals surface area contributed by atoms with Gasteiger partial charge < -0.3 is 51.5 Å². The second-order valence-corrected chi connectivity index (χ2v) is 15.3. The minimum Gasteiger partial charge on any atom is -0.542 e. The number of carbonyl (C=O) groups is 6. The van der Waals surface area contributed by atoms with Crippen LogP contribution >= 0.6 is 7.60 Å². The number of aliphatic carboxylic acids is 2. The molecular formula is C38H45F3N5O11P. The van der Waals surface area contributed by atoms with Crippen molar-refractivity contribution < 1.29 is 71.5 Å². The summed E-state index contributed by atoms with van der Waals surface area (Å²) >= 11 is 0. The summed E-state index contributed by atoms with van der Waals surface area (Å²) in [5.41, 5.74) is 9.89. The van der Waals surface area contributed by atoms with Crippen LogP contribution in [0.25, 0.3) is 0 Å². The van der Waals surface area contributed by atoms with E-state index in [0.29, 0.717) is 24.0 Å². The highest BCUT2D eigenvalue weighted by molar-refractivity contribution is 7.52. The van der Waals surface area contributed by atoms with Crippen LogP contribution in [0.2, 0.25) is 0 Å². The maximum Gasteiger partial charge on any atom is 0.430 e. The predicted octanol–water partition coefficient (Wildman–Crippen LogP) is 1.78. The second kappa shape index (κ2) is 21.8. The fourth-order valence-electron chi connectivity index (χ4n) is 5.77. The van der Waals surface area contributed by atoms with Crippen LogP contribution in [0.1, 0.15) is 66.8 Å². The number of alkyl halides is 3. The minimum absolute atomic E-state index is 0.0649. The Balaban J connectivity index is 0.00000117. The topological polar surface area (TPSA) is 271 Å². The normalized spacial score (nSPS) is 14.7. The molecule has 1 aliphatic carbocycles. The van der Waals surface area contributed by atoms with Gasteiger partial charge in [-0.3, -0.25) is 23.7 Å². The molecule has 0 radical (unpaired) electrons. The van der Waals surface area contributed by atoms with E-state index in [1.165, 1.54) is 0 Å². The summed E-state index contributed by atoms with van der Waals surface area (Å²) in [5.74, 6) is -7.35. The first kappa shape index (κ1) is 46.8. The van der Waals surface area contributed by atoms with Crippen molar-refractivity contribution >= 4 is 43.2 Å². The van der Waals surface area contributed by atoms with Crippen LogP contribution in [0.5, 0.6) is 0 Å². The van der Waals surface area contributed by atoms with Crippen molar-refractivity contribution in [3.63, 3.8) is 0 Å². The number of hydrogen-bond acceptors (Lipinski definition) is 10. The third-order valence-corrected chi connectivity index (χ3v) is 10.6. The van der Waals surface area contributed by atoms with Crippen LogP contribution < -0.4 is 32.5 Å². The van der Waals surface area contributed by atoms with Crippen molar-refractivity contribution in [2.24, 2.45) is 5.73 Å². The maximum absolute atomic E-state index is 14.1. The van der Waals surface area contributed by atoms with E-state index in [2.05, 4.69) is 21.7 Å². The van der Waals surface area contributed by atoms with Crippen molar-refractivity contribution in [1.82, 2.24) is 16.0 Å². The van der Waals surface area contributed by atoms with Crippen molar-refractivity contribution in [2.75, 3.05) is 6.54 Å². The van der Waals surface area contributed by atoms with Gasteiger partial charge in [-0.05, 0) is 35.1 Å². The Morgan fingerprint density at radius 3 is 1.76 bits per heavy atom. The first-order chi connectivity index (χ1) is 27.4. The van der Waals surface area contributed by atoms with Gasteiger partial charge in [-0.15, -0.1) is 0 Å². The highest BCUT2D eigenvalue weighted by atomic mass is 31.2. The van der Waals surface area contributed by atoms with E-state index < -0.39 is 73.4 Å². The molecular weight excluding hydrogens is 790 g/mol. The molecule has 0 unspecified atom stereocenters. The first-order valence-electron chi connectivity index (χ1n) is 17.9. The number of benzene rings is 3. The lowest BCUT2D eigenvalue weighted by Crippen LogP contribution is -2.64. The maximum atomic E-state index is 14.1. The Hall–Kier alpha value is -5.62. The number of amides is 4. The molecule has 0 saturated heterocycles. The molecule has 3 aromatic rings. The lowest BCUT2D eigenvalue weighted by molar-refractivity contribution is -0.355. The number of halogens is 3. The summed E-state index contributed by atoms with van der Waals surface area (Å²) in [5, 5.41) is 26.2. The molecule has 20 heteroatoms.